The number of rotatable bonds is 17. The van der Waals surface area contributed by atoms with Crippen LogP contribution in [0.5, 0.6) is 11.5 Å². The number of hydrogen-bond acceptors (Lipinski definition) is 19. The van der Waals surface area contributed by atoms with Crippen LogP contribution in [0.25, 0.3) is 0 Å². The van der Waals surface area contributed by atoms with Crippen molar-refractivity contribution in [1.29, 1.82) is 0 Å². The molecule has 0 saturated carbocycles. The average molecular weight is 1220 g/mol. The highest BCUT2D eigenvalue weighted by Gasteiger charge is 2.61. The lowest BCUT2D eigenvalue weighted by molar-refractivity contribution is -0.319. The molecule has 0 unspecified atom stereocenters. The Hall–Kier alpha value is -4.46. The van der Waals surface area contributed by atoms with E-state index >= 15 is 9.59 Å². The van der Waals surface area contributed by atoms with Crippen LogP contribution in [0.15, 0.2) is 30.6 Å². The average Bonchev–Trinajstić information content (AvgIpc) is 2.16. The van der Waals surface area contributed by atoms with Crippen LogP contribution in [-0.4, -0.2) is 212 Å². The summed E-state index contributed by atoms with van der Waals surface area (Å²) >= 11 is 12.7. The number of esters is 1. The molecule has 7 rings (SSSR count). The van der Waals surface area contributed by atoms with Gasteiger partial charge < -0.3 is 77.0 Å². The van der Waals surface area contributed by atoms with Crippen LogP contribution in [0.4, 0.5) is 9.59 Å². The van der Waals surface area contributed by atoms with Gasteiger partial charge in [0.1, 0.15) is 24.1 Å². The van der Waals surface area contributed by atoms with E-state index in [9.17, 15) is 24.6 Å². The zero-order valence-corrected chi connectivity index (χ0v) is 52.5. The standard InChI is InChI=1S/C60H88Cl2N4O18/c1-15-46-60(10)51(66(57(73)84-60)19-16-22-78-45-26-38(17-18-44(45)74-12)43(67)27-39-40(61)30-63-31-41(39)62)34(4)48(68)32(2)28-59(9,76-14)53(83-55-49(69)42(25-33(3)79-55)64(11)56(72)65-20-23-77-24-21-65)35(5)50(36(6)54(71)81-46)82-47-29-58(8,75-13)52(70)37(7)80-47/h17-18,26,30-37,42,46-47,49-53,55,69-70H,15-16,19-25,27-29H2,1-14H3/t32-,33-,34+,35+,36-,37+,42+,46-,47+,49-,50+,51-,52+,53-,55+,58-,59-,60-/m1/s1. The summed E-state index contributed by atoms with van der Waals surface area (Å²) in [5.41, 5.74) is -3.37. The van der Waals surface area contributed by atoms with Gasteiger partial charge in [-0.2, -0.15) is 0 Å². The molecule has 5 aliphatic heterocycles. The van der Waals surface area contributed by atoms with Crippen LogP contribution in [0.3, 0.4) is 0 Å². The molecule has 470 valence electrons. The second-order valence-corrected chi connectivity index (χ2v) is 24.7. The minimum absolute atomic E-state index is 0.0185. The third-order valence-corrected chi connectivity index (χ3v) is 18.8. The SMILES string of the molecule is CC[C@H]1OC(=O)[C@H](C)[C@@H](O[C@H]2C[C@@](C)(OC)[C@@H](O)[C@H](C)O2)[C@H](C)[C@@H](O[C@@H]2O[C@H](C)C[C@H](N(C)C(=O)N3CCOCC3)[C@H]2O)[C@](C)(OC)C[C@@H](C)C(=O)[C@H](C)[C@H]2N(CCCOc3cc(C(=O)Cc4c(Cl)cncc4Cl)ccc3OC)C(=O)O[C@]12C. The highest BCUT2D eigenvalue weighted by Crippen LogP contribution is 2.45. The van der Waals surface area contributed by atoms with Crippen LogP contribution in [0.2, 0.25) is 10.0 Å². The van der Waals surface area contributed by atoms with Gasteiger partial charge in [-0.05, 0) is 85.4 Å². The number of amides is 3. The summed E-state index contributed by atoms with van der Waals surface area (Å²) in [4.78, 5) is 81.1. The summed E-state index contributed by atoms with van der Waals surface area (Å²) in [5, 5.41) is 24.1. The maximum absolute atomic E-state index is 15.4. The first-order chi connectivity index (χ1) is 39.7. The Labute approximate surface area is 503 Å². The lowest BCUT2D eigenvalue weighted by Crippen LogP contribution is -2.63. The van der Waals surface area contributed by atoms with E-state index in [2.05, 4.69) is 4.98 Å². The summed E-state index contributed by atoms with van der Waals surface area (Å²) in [6.07, 6.45) is -6.72. The van der Waals surface area contributed by atoms with Crippen molar-refractivity contribution in [2.75, 3.05) is 67.8 Å². The van der Waals surface area contributed by atoms with Gasteiger partial charge in [-0.1, -0.05) is 50.9 Å². The van der Waals surface area contributed by atoms with Crippen molar-refractivity contribution in [3.63, 3.8) is 0 Å². The lowest BCUT2D eigenvalue weighted by Gasteiger charge is -2.50. The predicted molar refractivity (Wildman–Crippen MR) is 307 cm³/mol. The molecule has 0 bridgehead atoms. The first kappa shape index (κ1) is 67.1. The molecule has 24 heteroatoms. The van der Waals surface area contributed by atoms with Crippen LogP contribution in [0.1, 0.15) is 117 Å². The summed E-state index contributed by atoms with van der Waals surface area (Å²) in [6, 6.07) is 2.76. The maximum Gasteiger partial charge on any atom is 0.410 e. The third kappa shape index (κ3) is 14.3. The van der Waals surface area contributed by atoms with E-state index in [-0.39, 0.29) is 85.1 Å². The number of cyclic esters (lactones) is 1. The topological polar surface area (TPSA) is 250 Å². The number of aliphatic hydroxyl groups excluding tert-OH is 2. The van der Waals surface area contributed by atoms with Crippen LogP contribution in [-0.2, 0) is 58.6 Å². The number of methoxy groups -OCH3 is 3. The van der Waals surface area contributed by atoms with Gasteiger partial charge in [0.05, 0.1) is 90.6 Å². The Kier molecular flexibility index (Phi) is 22.5. The molecule has 1 aromatic heterocycles. The van der Waals surface area contributed by atoms with Crippen molar-refractivity contribution >= 4 is 52.9 Å². The zero-order valence-electron chi connectivity index (χ0n) is 51.0. The number of pyridine rings is 1. The summed E-state index contributed by atoms with van der Waals surface area (Å²) in [6.45, 7) is 19.2. The monoisotopic (exact) mass is 1220 g/mol. The van der Waals surface area contributed by atoms with E-state index in [0.29, 0.717) is 43.2 Å². The molecule has 5 fully saturated rings. The van der Waals surface area contributed by atoms with Gasteiger partial charge >= 0.3 is 18.1 Å². The Balaban J connectivity index is 1.22. The largest absolute Gasteiger partial charge is 0.493 e. The molecule has 2 aromatic rings. The van der Waals surface area contributed by atoms with Crippen molar-refractivity contribution in [2.24, 2.45) is 23.7 Å². The number of carbonyl (C=O) groups excluding carboxylic acids is 5. The van der Waals surface area contributed by atoms with Crippen LogP contribution in [0, 0.1) is 23.7 Å². The number of ketones is 2. The molecule has 18 atom stereocenters. The number of fused-ring (bicyclic) bond motifs is 1. The number of likely N-dealkylation sites (N-methyl/N-ethyl adjacent to an activating group) is 1. The summed E-state index contributed by atoms with van der Waals surface area (Å²) in [5.74, 6) is -4.34. The molecule has 3 amide bonds. The number of nitrogens with zero attached hydrogens (tertiary/aromatic N) is 4. The Bertz CT molecular complexity index is 2610. The first-order valence-corrected chi connectivity index (χ1v) is 30.0. The first-order valence-electron chi connectivity index (χ1n) is 29.2. The Morgan fingerprint density at radius 1 is 0.881 bits per heavy atom. The van der Waals surface area contributed by atoms with Gasteiger partial charge in [0.2, 0.25) is 0 Å². The molecule has 1 aromatic carbocycles. The normalized spacial score (nSPS) is 36.3. The molecular weight excluding hydrogens is 1140 g/mol. The molecule has 22 nitrogen and oxygen atoms in total. The molecule has 84 heavy (non-hydrogen) atoms. The van der Waals surface area contributed by atoms with Crippen LogP contribution < -0.4 is 9.47 Å². The third-order valence-electron chi connectivity index (χ3n) is 18.1. The van der Waals surface area contributed by atoms with Crippen molar-refractivity contribution in [3.05, 3.63) is 51.8 Å². The number of morpholine rings is 1. The minimum atomic E-state index is -1.58. The highest BCUT2D eigenvalue weighted by atomic mass is 35.5. The summed E-state index contributed by atoms with van der Waals surface area (Å²) < 4.78 is 69.4. The zero-order chi connectivity index (χ0) is 61.7. The van der Waals surface area contributed by atoms with Gasteiger partial charge in [-0.25, -0.2) is 9.59 Å². The quantitative estimate of drug-likeness (QED) is 0.0893. The molecule has 5 saturated heterocycles. The molecular formula is C60H88Cl2N4O18. The molecule has 2 N–H and O–H groups in total. The Morgan fingerprint density at radius 2 is 1.55 bits per heavy atom. The number of urea groups is 1. The number of benzene rings is 1. The summed E-state index contributed by atoms with van der Waals surface area (Å²) in [7, 11) is 6.09. The van der Waals surface area contributed by atoms with E-state index in [1.807, 2.05) is 13.8 Å². The molecule has 0 aliphatic carbocycles. The van der Waals surface area contributed by atoms with E-state index in [1.54, 1.807) is 85.5 Å². The van der Waals surface area contributed by atoms with Crippen molar-refractivity contribution in [3.8, 4) is 11.5 Å². The number of ether oxygens (including phenoxy) is 11. The smallest absolute Gasteiger partial charge is 0.410 e. The maximum atomic E-state index is 15.4. The Morgan fingerprint density at radius 3 is 2.18 bits per heavy atom. The molecule has 0 spiro atoms. The van der Waals surface area contributed by atoms with Crippen molar-refractivity contribution in [2.45, 2.75) is 192 Å². The van der Waals surface area contributed by atoms with E-state index < -0.39 is 120 Å². The predicted octanol–water partition coefficient (Wildman–Crippen LogP) is 7.33. The fraction of sp³-hybridized carbons (Fsp3) is 0.733. The number of aromatic nitrogens is 1. The lowest BCUT2D eigenvalue weighted by atomic mass is 9.73. The number of carbonyl (C=O) groups is 5. The molecule has 5 aliphatic rings. The van der Waals surface area contributed by atoms with Crippen molar-refractivity contribution < 1.29 is 86.3 Å². The fourth-order valence-electron chi connectivity index (χ4n) is 13.1. The number of halogens is 2. The van der Waals surface area contributed by atoms with Gasteiger partial charge in [0.15, 0.2) is 35.5 Å². The fourth-order valence-corrected chi connectivity index (χ4v) is 13.6. The molecule has 6 heterocycles. The minimum Gasteiger partial charge on any atom is -0.493 e. The van der Waals surface area contributed by atoms with Crippen LogP contribution >= 0.6 is 23.2 Å². The highest BCUT2D eigenvalue weighted by molar-refractivity contribution is 6.36. The van der Waals surface area contributed by atoms with E-state index in [0.717, 1.165) is 0 Å². The second-order valence-electron chi connectivity index (χ2n) is 23.9. The van der Waals surface area contributed by atoms with Gasteiger partial charge in [-0.15, -0.1) is 0 Å². The second kappa shape index (κ2) is 28.1. The van der Waals surface area contributed by atoms with Gasteiger partial charge in [0, 0.05) is 95.0 Å². The molecule has 0 radical (unpaired) electrons. The van der Waals surface area contributed by atoms with Crippen molar-refractivity contribution in [1.82, 2.24) is 19.7 Å². The van der Waals surface area contributed by atoms with E-state index in [1.165, 1.54) is 43.5 Å². The van der Waals surface area contributed by atoms with Gasteiger partial charge in [-0.3, -0.25) is 19.4 Å². The van der Waals surface area contributed by atoms with E-state index in [4.69, 9.17) is 75.3 Å². The number of hydrogen-bond donors (Lipinski definition) is 2. The number of aliphatic hydroxyl groups is 2. The van der Waals surface area contributed by atoms with Gasteiger partial charge in [0.25, 0.3) is 0 Å². The number of Topliss-reactive ketones (excluding diaryl/α,β-unsaturated/α-hetero) is 2.